The highest BCUT2D eigenvalue weighted by molar-refractivity contribution is 7.86. The maximum absolute atomic E-state index is 10.7. The van der Waals surface area contributed by atoms with Crippen LogP contribution in [0.25, 0.3) is 0 Å². The van der Waals surface area contributed by atoms with Gasteiger partial charge < -0.3 is 9.66 Å². The normalized spacial score (nSPS) is 11.7. The average molecular weight is 333 g/mol. The number of thiazole rings is 1. The van der Waals surface area contributed by atoms with E-state index in [4.69, 9.17) is 18.1 Å². The van der Waals surface area contributed by atoms with Gasteiger partial charge in [0.2, 0.25) is 5.51 Å². The lowest BCUT2D eigenvalue weighted by Gasteiger charge is -2.08. The van der Waals surface area contributed by atoms with E-state index in [1.54, 1.807) is 11.3 Å². The fraction of sp³-hybridized carbons (Fsp3) is 0.500. The maximum atomic E-state index is 10.7. The molecule has 10 heteroatoms. The number of aromatic nitrogens is 1. The van der Waals surface area contributed by atoms with Gasteiger partial charge in [-0.3, -0.25) is 0 Å². The molecule has 0 atom stereocenters. The standard InChI is InChI=1S/C9H14NOS.CHF3O3S/c1-3-5-10-7-12-9(4-6-11)8(10)2;2-1(3,4)8(5,6)7/h3,7,11H,1,4-6H2,2H3;(H,5,6,7)/q+1;/p-1. The van der Waals surface area contributed by atoms with Crippen molar-refractivity contribution in [1.29, 1.82) is 0 Å². The Balaban J connectivity index is 0.000000396. The molecule has 0 saturated carbocycles. The lowest BCUT2D eigenvalue weighted by Crippen LogP contribution is -2.33. The lowest BCUT2D eigenvalue weighted by molar-refractivity contribution is -0.688. The Morgan fingerprint density at radius 2 is 2.05 bits per heavy atom. The first-order valence-corrected chi connectivity index (χ1v) is 7.53. The monoisotopic (exact) mass is 333 g/mol. The molecular weight excluding hydrogens is 319 g/mol. The van der Waals surface area contributed by atoms with Crippen molar-refractivity contribution in [2.75, 3.05) is 6.61 Å². The van der Waals surface area contributed by atoms with Crippen LogP contribution in [0.3, 0.4) is 0 Å². The number of alkyl halides is 3. The second kappa shape index (κ2) is 7.72. The number of rotatable bonds is 4. The minimum absolute atomic E-state index is 0.232. The Labute approximate surface area is 118 Å². The first-order valence-electron chi connectivity index (χ1n) is 5.25. The smallest absolute Gasteiger partial charge is 0.485 e. The summed E-state index contributed by atoms with van der Waals surface area (Å²) in [5.74, 6) is 0. The first-order chi connectivity index (χ1) is 9.04. The van der Waals surface area contributed by atoms with Crippen molar-refractivity contribution in [2.45, 2.75) is 25.4 Å². The number of halogens is 3. The van der Waals surface area contributed by atoms with Gasteiger partial charge in [-0.15, -0.1) is 0 Å². The number of hydrogen-bond acceptors (Lipinski definition) is 5. The van der Waals surface area contributed by atoms with Gasteiger partial charge in [0.15, 0.2) is 22.4 Å². The van der Waals surface area contributed by atoms with Crippen molar-refractivity contribution in [2.24, 2.45) is 0 Å². The molecule has 0 unspecified atom stereocenters. The summed E-state index contributed by atoms with van der Waals surface area (Å²) in [4.78, 5) is 1.26. The molecule has 20 heavy (non-hydrogen) atoms. The SMILES string of the molecule is C=CC[n+]1csc(CCO)c1C.O=S(=O)([O-])C(F)(F)F. The molecular formula is C10H14F3NO4S2. The predicted molar refractivity (Wildman–Crippen MR) is 66.0 cm³/mol. The molecule has 1 heterocycles. The summed E-state index contributed by atoms with van der Waals surface area (Å²) in [5, 5.41) is 8.76. The van der Waals surface area contributed by atoms with E-state index < -0.39 is 15.6 Å². The molecule has 0 aromatic carbocycles. The van der Waals surface area contributed by atoms with E-state index in [0.29, 0.717) is 0 Å². The van der Waals surface area contributed by atoms with E-state index in [1.165, 1.54) is 10.6 Å². The summed E-state index contributed by atoms with van der Waals surface area (Å²) < 4.78 is 61.0. The highest BCUT2D eigenvalue weighted by Crippen LogP contribution is 2.20. The predicted octanol–water partition coefficient (Wildman–Crippen LogP) is 1.12. The zero-order valence-corrected chi connectivity index (χ0v) is 12.2. The van der Waals surface area contributed by atoms with Crippen LogP contribution in [0.4, 0.5) is 13.2 Å². The summed E-state index contributed by atoms with van der Waals surface area (Å²) >= 11 is 1.70. The molecule has 0 aliphatic heterocycles. The molecule has 1 aromatic heterocycles. The summed E-state index contributed by atoms with van der Waals surface area (Å²) in [5.41, 5.74) is -2.33. The van der Waals surface area contributed by atoms with E-state index in [0.717, 1.165) is 13.0 Å². The van der Waals surface area contributed by atoms with Gasteiger partial charge in [0, 0.05) is 20.0 Å². The third kappa shape index (κ3) is 5.99. The number of aliphatic hydroxyl groups is 1. The van der Waals surface area contributed by atoms with Gasteiger partial charge in [0.1, 0.15) is 0 Å². The van der Waals surface area contributed by atoms with E-state index in [2.05, 4.69) is 23.6 Å². The second-order valence-electron chi connectivity index (χ2n) is 3.55. The van der Waals surface area contributed by atoms with Crippen molar-refractivity contribution in [3.63, 3.8) is 0 Å². The highest BCUT2D eigenvalue weighted by Gasteiger charge is 2.36. The van der Waals surface area contributed by atoms with Crippen LogP contribution in [0.1, 0.15) is 10.6 Å². The molecule has 0 amide bonds. The highest BCUT2D eigenvalue weighted by atomic mass is 32.2. The molecule has 5 nitrogen and oxygen atoms in total. The molecule has 116 valence electrons. The van der Waals surface area contributed by atoms with Gasteiger partial charge in [-0.2, -0.15) is 17.7 Å². The molecule has 0 aliphatic rings. The van der Waals surface area contributed by atoms with E-state index >= 15 is 0 Å². The number of nitrogens with zero attached hydrogens (tertiary/aromatic N) is 1. The third-order valence-electron chi connectivity index (χ3n) is 2.10. The van der Waals surface area contributed by atoms with Gasteiger partial charge >= 0.3 is 5.51 Å². The number of aliphatic hydroxyl groups excluding tert-OH is 1. The summed E-state index contributed by atoms with van der Waals surface area (Å²) in [6.07, 6.45) is 2.64. The number of hydrogen-bond donors (Lipinski definition) is 1. The quantitative estimate of drug-likeness (QED) is 0.387. The van der Waals surface area contributed by atoms with Crippen LogP contribution in [-0.4, -0.2) is 30.2 Å². The topological polar surface area (TPSA) is 81.3 Å². The van der Waals surface area contributed by atoms with Crippen molar-refractivity contribution in [3.05, 3.63) is 28.7 Å². The zero-order valence-electron chi connectivity index (χ0n) is 10.6. The van der Waals surface area contributed by atoms with Crippen LogP contribution in [0, 0.1) is 6.92 Å². The summed E-state index contributed by atoms with van der Waals surface area (Å²) in [6.45, 7) is 6.85. The Morgan fingerprint density at radius 3 is 2.40 bits per heavy atom. The maximum Gasteiger partial charge on any atom is 0.485 e. The molecule has 0 fully saturated rings. The lowest BCUT2D eigenvalue weighted by atomic mass is 10.3. The first kappa shape index (κ1) is 19.0. The average Bonchev–Trinajstić information content (AvgIpc) is 2.61. The molecule has 0 spiro atoms. The largest absolute Gasteiger partial charge is 0.741 e. The molecule has 1 aromatic rings. The molecule has 0 radical (unpaired) electrons. The van der Waals surface area contributed by atoms with Crippen LogP contribution >= 0.6 is 11.3 Å². The summed E-state index contributed by atoms with van der Waals surface area (Å²) in [7, 11) is -6.09. The van der Waals surface area contributed by atoms with Crippen LogP contribution < -0.4 is 4.57 Å². The third-order valence-corrected chi connectivity index (χ3v) is 3.82. The number of allylic oxidation sites excluding steroid dienone is 1. The van der Waals surface area contributed by atoms with Crippen LogP contribution in [-0.2, 0) is 23.1 Å². The Morgan fingerprint density at radius 1 is 1.55 bits per heavy atom. The van der Waals surface area contributed by atoms with Gasteiger partial charge in [0.05, 0.1) is 4.88 Å². The van der Waals surface area contributed by atoms with Gasteiger partial charge in [-0.1, -0.05) is 17.9 Å². The van der Waals surface area contributed by atoms with Crippen molar-refractivity contribution in [3.8, 4) is 0 Å². The minimum Gasteiger partial charge on any atom is -0.741 e. The molecule has 1 N–H and O–H groups in total. The van der Waals surface area contributed by atoms with Crippen LogP contribution in [0.5, 0.6) is 0 Å². The fourth-order valence-corrected chi connectivity index (χ4v) is 2.11. The molecule has 0 aliphatic carbocycles. The van der Waals surface area contributed by atoms with Gasteiger partial charge in [0.25, 0.3) is 0 Å². The van der Waals surface area contributed by atoms with E-state index in [-0.39, 0.29) is 6.61 Å². The van der Waals surface area contributed by atoms with Crippen molar-refractivity contribution in [1.82, 2.24) is 0 Å². The van der Waals surface area contributed by atoms with Crippen molar-refractivity contribution >= 4 is 21.5 Å². The van der Waals surface area contributed by atoms with Crippen LogP contribution in [0.2, 0.25) is 0 Å². The fourth-order valence-electron chi connectivity index (χ4n) is 1.11. The summed E-state index contributed by atoms with van der Waals surface area (Å²) in [6, 6.07) is 0. The Kier molecular flexibility index (Phi) is 7.34. The Bertz CT molecular complexity index is 537. The van der Waals surface area contributed by atoms with Crippen molar-refractivity contribution < 1.29 is 35.8 Å². The van der Waals surface area contributed by atoms with E-state index in [9.17, 15) is 13.2 Å². The second-order valence-corrected chi connectivity index (χ2v) is 5.86. The van der Waals surface area contributed by atoms with Crippen LogP contribution in [0.15, 0.2) is 18.2 Å². The van der Waals surface area contributed by atoms with Gasteiger partial charge in [-0.05, 0) is 6.08 Å². The molecule has 1 rings (SSSR count). The van der Waals surface area contributed by atoms with Gasteiger partial charge in [-0.25, -0.2) is 8.42 Å². The minimum atomic E-state index is -6.09. The Hall–Kier alpha value is -0.970. The molecule has 0 saturated heterocycles. The van der Waals surface area contributed by atoms with E-state index in [1.807, 2.05) is 6.08 Å². The molecule has 0 bridgehead atoms. The zero-order chi connectivity index (χ0) is 16.0.